The molecule has 0 amide bonds. The van der Waals surface area contributed by atoms with Crippen molar-refractivity contribution in [1.29, 1.82) is 0 Å². The fourth-order valence-corrected chi connectivity index (χ4v) is 4.95. The van der Waals surface area contributed by atoms with E-state index in [4.69, 9.17) is 14.6 Å². The number of carboxylic acids is 1. The molecule has 0 heterocycles. The first-order chi connectivity index (χ1) is 17.9. The first-order valence-corrected chi connectivity index (χ1v) is 13.0. The van der Waals surface area contributed by atoms with Gasteiger partial charge in [0.05, 0.1) is 13.5 Å². The smallest absolute Gasteiger partial charge is 0.303 e. The van der Waals surface area contributed by atoms with Crippen molar-refractivity contribution >= 4 is 12.0 Å². The summed E-state index contributed by atoms with van der Waals surface area (Å²) in [5.74, 6) is 0.645. The Balaban J connectivity index is 1.59. The van der Waals surface area contributed by atoms with Crippen LogP contribution in [0.25, 0.3) is 17.2 Å². The number of methoxy groups -OCH3 is 1. The fraction of sp³-hybridized carbons (Fsp3) is 0.344. The highest BCUT2D eigenvalue weighted by atomic mass is 19.1. The fourth-order valence-electron chi connectivity index (χ4n) is 4.95. The Morgan fingerprint density at radius 3 is 2.59 bits per heavy atom. The summed E-state index contributed by atoms with van der Waals surface area (Å²) in [7, 11) is 1.58. The van der Waals surface area contributed by atoms with E-state index in [0.717, 1.165) is 22.3 Å². The van der Waals surface area contributed by atoms with Crippen LogP contribution in [0, 0.1) is 11.7 Å². The molecular weight excluding hydrogens is 467 g/mol. The van der Waals surface area contributed by atoms with Crippen LogP contribution in [0.1, 0.15) is 68.1 Å². The van der Waals surface area contributed by atoms with Crippen LogP contribution in [0.15, 0.2) is 66.7 Å². The van der Waals surface area contributed by atoms with Crippen molar-refractivity contribution in [3.05, 3.63) is 89.2 Å². The lowest BCUT2D eigenvalue weighted by molar-refractivity contribution is -0.137. The molecule has 4 rings (SSSR count). The second kappa shape index (κ2) is 12.6. The molecule has 0 spiro atoms. The minimum atomic E-state index is -0.819. The van der Waals surface area contributed by atoms with Crippen LogP contribution in [0.2, 0.25) is 0 Å². The van der Waals surface area contributed by atoms with E-state index in [1.165, 1.54) is 38.2 Å². The summed E-state index contributed by atoms with van der Waals surface area (Å²) in [6.45, 7) is 2.25. The lowest BCUT2D eigenvalue weighted by Gasteiger charge is -2.18. The van der Waals surface area contributed by atoms with Crippen LogP contribution in [0.3, 0.4) is 0 Å². The molecule has 0 bridgehead atoms. The molecule has 4 nitrogen and oxygen atoms in total. The van der Waals surface area contributed by atoms with Gasteiger partial charge >= 0.3 is 5.97 Å². The molecule has 0 aliphatic heterocycles. The lowest BCUT2D eigenvalue weighted by Crippen LogP contribution is -2.03. The summed E-state index contributed by atoms with van der Waals surface area (Å²) in [5.41, 5.74) is 4.17. The Morgan fingerprint density at radius 1 is 1.03 bits per heavy atom. The predicted molar refractivity (Wildman–Crippen MR) is 145 cm³/mol. The van der Waals surface area contributed by atoms with E-state index in [0.29, 0.717) is 29.6 Å². The molecule has 37 heavy (non-hydrogen) atoms. The molecule has 0 saturated heterocycles. The van der Waals surface area contributed by atoms with Crippen molar-refractivity contribution < 1.29 is 23.8 Å². The quantitative estimate of drug-likeness (QED) is 0.303. The number of benzene rings is 3. The van der Waals surface area contributed by atoms with Gasteiger partial charge in [-0.1, -0.05) is 62.6 Å². The molecule has 0 radical (unpaired) electrons. The largest absolute Gasteiger partial charge is 0.497 e. The van der Waals surface area contributed by atoms with Gasteiger partial charge < -0.3 is 14.6 Å². The highest BCUT2D eigenvalue weighted by Crippen LogP contribution is 2.33. The summed E-state index contributed by atoms with van der Waals surface area (Å²) < 4.78 is 26.3. The van der Waals surface area contributed by atoms with Crippen molar-refractivity contribution in [3.8, 4) is 22.6 Å². The number of carbonyl (C=O) groups is 1. The molecule has 1 saturated carbocycles. The number of hydrogen-bond donors (Lipinski definition) is 1. The Hall–Kier alpha value is -3.60. The Morgan fingerprint density at radius 2 is 1.84 bits per heavy atom. The van der Waals surface area contributed by atoms with Crippen LogP contribution in [-0.4, -0.2) is 18.2 Å². The van der Waals surface area contributed by atoms with Crippen LogP contribution in [0.5, 0.6) is 11.5 Å². The van der Waals surface area contributed by atoms with Gasteiger partial charge in [0.15, 0.2) is 0 Å². The number of aliphatic carboxylic acids is 1. The van der Waals surface area contributed by atoms with Crippen molar-refractivity contribution in [1.82, 2.24) is 0 Å². The molecule has 1 fully saturated rings. The highest BCUT2D eigenvalue weighted by Gasteiger charge is 2.14. The monoisotopic (exact) mass is 502 g/mol. The molecule has 3 aromatic rings. The van der Waals surface area contributed by atoms with E-state index in [1.807, 2.05) is 43.3 Å². The number of halogens is 1. The van der Waals surface area contributed by atoms with Crippen molar-refractivity contribution in [2.75, 3.05) is 7.11 Å². The molecule has 1 atom stereocenters. The lowest BCUT2D eigenvalue weighted by atomic mass is 9.88. The van der Waals surface area contributed by atoms with Crippen molar-refractivity contribution in [2.45, 2.75) is 58.0 Å². The van der Waals surface area contributed by atoms with Gasteiger partial charge in [0.2, 0.25) is 0 Å². The van der Waals surface area contributed by atoms with Crippen molar-refractivity contribution in [2.24, 2.45) is 5.92 Å². The van der Waals surface area contributed by atoms with Gasteiger partial charge in [-0.2, -0.15) is 0 Å². The molecule has 1 aliphatic rings. The van der Waals surface area contributed by atoms with E-state index in [-0.39, 0.29) is 18.2 Å². The normalized spacial score (nSPS) is 15.0. The van der Waals surface area contributed by atoms with Gasteiger partial charge in [-0.15, -0.1) is 0 Å². The summed E-state index contributed by atoms with van der Waals surface area (Å²) in [6, 6.07) is 18.4. The average molecular weight is 503 g/mol. The third kappa shape index (κ3) is 7.22. The SMILES string of the molecule is COc1ccc(F)c(-c2ccc(COc3cccc([C@H](C)CC(=O)O)c3)cc2C=CC2CCCCC2)c1. The second-order valence-corrected chi connectivity index (χ2v) is 9.88. The first kappa shape index (κ1) is 26.5. The molecule has 3 aromatic carbocycles. The van der Waals surface area contributed by atoms with E-state index in [2.05, 4.69) is 18.2 Å². The van der Waals surface area contributed by atoms with E-state index in [9.17, 15) is 9.18 Å². The van der Waals surface area contributed by atoms with Gasteiger partial charge in [0.25, 0.3) is 0 Å². The molecular formula is C32H35FO4. The standard InChI is InChI=1S/C32H35FO4/c1-22(17-32(34)35)25-9-6-10-28(19-25)37-21-24-12-15-29(30-20-27(36-2)14-16-31(30)33)26(18-24)13-11-23-7-4-3-5-8-23/h6,9-16,18-20,22-23H,3-5,7-8,17,21H2,1-2H3,(H,34,35)/t22-/m1/s1. The number of ether oxygens (including phenoxy) is 2. The number of carboxylic acid groups (broad SMARTS) is 1. The minimum Gasteiger partial charge on any atom is -0.497 e. The average Bonchev–Trinajstić information content (AvgIpc) is 2.91. The van der Waals surface area contributed by atoms with Gasteiger partial charge in [-0.25, -0.2) is 4.39 Å². The van der Waals surface area contributed by atoms with Crippen LogP contribution in [0.4, 0.5) is 4.39 Å². The Bertz CT molecular complexity index is 1240. The summed E-state index contributed by atoms with van der Waals surface area (Å²) in [4.78, 5) is 11.1. The molecule has 194 valence electrons. The zero-order valence-electron chi connectivity index (χ0n) is 21.6. The summed E-state index contributed by atoms with van der Waals surface area (Å²) >= 11 is 0. The third-order valence-electron chi connectivity index (χ3n) is 7.09. The maximum atomic E-state index is 14.9. The molecule has 0 unspecified atom stereocenters. The van der Waals surface area contributed by atoms with Gasteiger partial charge in [0.1, 0.15) is 23.9 Å². The zero-order chi connectivity index (χ0) is 26.2. The van der Waals surface area contributed by atoms with Gasteiger partial charge in [0, 0.05) is 5.56 Å². The van der Waals surface area contributed by atoms with Crippen LogP contribution < -0.4 is 9.47 Å². The molecule has 0 aromatic heterocycles. The summed E-state index contributed by atoms with van der Waals surface area (Å²) in [5, 5.41) is 9.10. The number of hydrogen-bond acceptors (Lipinski definition) is 3. The number of allylic oxidation sites excluding steroid dienone is 1. The highest BCUT2D eigenvalue weighted by molar-refractivity contribution is 5.77. The first-order valence-electron chi connectivity index (χ1n) is 13.0. The Labute approximate surface area is 218 Å². The van der Waals surface area contributed by atoms with E-state index in [1.54, 1.807) is 19.2 Å². The Kier molecular flexibility index (Phi) is 8.99. The van der Waals surface area contributed by atoms with Gasteiger partial charge in [-0.05, 0) is 83.3 Å². The van der Waals surface area contributed by atoms with Crippen molar-refractivity contribution in [3.63, 3.8) is 0 Å². The second-order valence-electron chi connectivity index (χ2n) is 9.88. The zero-order valence-corrected chi connectivity index (χ0v) is 21.6. The van der Waals surface area contributed by atoms with Crippen LogP contribution >= 0.6 is 0 Å². The van der Waals surface area contributed by atoms with Gasteiger partial charge in [-0.3, -0.25) is 4.79 Å². The maximum absolute atomic E-state index is 14.9. The molecule has 1 aliphatic carbocycles. The molecule has 1 N–H and O–H groups in total. The predicted octanol–water partition coefficient (Wildman–Crippen LogP) is 8.25. The van der Waals surface area contributed by atoms with E-state index < -0.39 is 5.97 Å². The topological polar surface area (TPSA) is 55.8 Å². The van der Waals surface area contributed by atoms with E-state index >= 15 is 0 Å². The van der Waals surface area contributed by atoms with Crippen LogP contribution in [-0.2, 0) is 11.4 Å². The summed E-state index contributed by atoms with van der Waals surface area (Å²) in [6.07, 6.45) is 10.7. The minimum absolute atomic E-state index is 0.0719. The maximum Gasteiger partial charge on any atom is 0.303 e. The third-order valence-corrected chi connectivity index (χ3v) is 7.09. The molecule has 5 heteroatoms. The number of rotatable bonds is 10.